The minimum Gasteiger partial charge on any atom is -0.484 e. The van der Waals surface area contributed by atoms with Crippen molar-refractivity contribution in [3.8, 4) is 5.75 Å². The van der Waals surface area contributed by atoms with Crippen molar-refractivity contribution in [1.29, 1.82) is 0 Å². The summed E-state index contributed by atoms with van der Waals surface area (Å²) in [4.78, 5) is 16.9. The van der Waals surface area contributed by atoms with Crippen LogP contribution < -0.4 is 10.1 Å². The van der Waals surface area contributed by atoms with Crippen LogP contribution in [-0.4, -0.2) is 28.6 Å². The Morgan fingerprint density at radius 1 is 1.06 bits per heavy atom. The monoisotopic (exact) mass is 447 g/mol. The molecule has 0 spiro atoms. The van der Waals surface area contributed by atoms with Gasteiger partial charge >= 0.3 is 0 Å². The Bertz CT molecular complexity index is 1200. The number of para-hydroxylation sites is 2. The number of fused-ring (bicyclic) bond motifs is 1. The molecule has 0 saturated carbocycles. The van der Waals surface area contributed by atoms with Gasteiger partial charge in [-0.2, -0.15) is 0 Å². The molecule has 164 valence electrons. The summed E-state index contributed by atoms with van der Waals surface area (Å²) in [6.07, 6.45) is 1.57. The zero-order valence-electron chi connectivity index (χ0n) is 18.1. The molecule has 0 unspecified atom stereocenters. The molecule has 0 bridgehead atoms. The van der Waals surface area contributed by atoms with Gasteiger partial charge in [0.15, 0.2) is 6.61 Å². The Morgan fingerprint density at radius 3 is 2.69 bits per heavy atom. The fraction of sp³-hybridized carbons (Fsp3) is 0.231. The summed E-state index contributed by atoms with van der Waals surface area (Å²) < 4.78 is 7.76. The van der Waals surface area contributed by atoms with Gasteiger partial charge in [0, 0.05) is 24.5 Å². The number of benzene rings is 3. The van der Waals surface area contributed by atoms with Crippen LogP contribution in [0.5, 0.6) is 5.75 Å². The van der Waals surface area contributed by atoms with Crippen molar-refractivity contribution >= 4 is 28.5 Å². The molecule has 4 aromatic rings. The highest BCUT2D eigenvalue weighted by Crippen LogP contribution is 2.19. The number of aryl methyl sites for hydroxylation is 2. The predicted octanol–water partition coefficient (Wildman–Crippen LogP) is 5.17. The second-order valence-corrected chi connectivity index (χ2v) is 8.22. The first-order valence-electron chi connectivity index (χ1n) is 10.7. The third kappa shape index (κ3) is 5.68. The fourth-order valence-corrected chi connectivity index (χ4v) is 3.82. The lowest BCUT2D eigenvalue weighted by molar-refractivity contribution is -0.123. The lowest BCUT2D eigenvalue weighted by atomic mass is 10.1. The number of hydrogen-bond donors (Lipinski definition) is 1. The van der Waals surface area contributed by atoms with Crippen LogP contribution in [0, 0.1) is 6.92 Å². The summed E-state index contributed by atoms with van der Waals surface area (Å²) >= 11 is 5.86. The van der Waals surface area contributed by atoms with E-state index in [-0.39, 0.29) is 12.5 Å². The quantitative estimate of drug-likeness (QED) is 0.360. The summed E-state index contributed by atoms with van der Waals surface area (Å²) in [5, 5.41) is 3.55. The van der Waals surface area contributed by atoms with Gasteiger partial charge < -0.3 is 14.6 Å². The molecule has 0 aliphatic carbocycles. The van der Waals surface area contributed by atoms with Crippen molar-refractivity contribution in [3.63, 3.8) is 0 Å². The zero-order valence-corrected chi connectivity index (χ0v) is 18.8. The van der Waals surface area contributed by atoms with Crippen molar-refractivity contribution in [1.82, 2.24) is 14.9 Å². The summed E-state index contributed by atoms with van der Waals surface area (Å²) in [6.45, 7) is 3.43. The number of carbonyl (C=O) groups is 1. The lowest BCUT2D eigenvalue weighted by Gasteiger charge is -2.11. The molecule has 1 heterocycles. The molecule has 32 heavy (non-hydrogen) atoms. The highest BCUT2D eigenvalue weighted by molar-refractivity contribution is 6.30. The highest BCUT2D eigenvalue weighted by Gasteiger charge is 2.11. The smallest absolute Gasteiger partial charge is 0.257 e. The molecule has 0 atom stereocenters. The van der Waals surface area contributed by atoms with Gasteiger partial charge in [-0.15, -0.1) is 0 Å². The first-order chi connectivity index (χ1) is 15.6. The average Bonchev–Trinajstić information content (AvgIpc) is 3.13. The van der Waals surface area contributed by atoms with Gasteiger partial charge in [-0.05, 0) is 55.3 Å². The number of rotatable bonds is 9. The fourth-order valence-electron chi connectivity index (χ4n) is 3.69. The van der Waals surface area contributed by atoms with Crippen molar-refractivity contribution in [2.45, 2.75) is 26.3 Å². The van der Waals surface area contributed by atoms with Crippen LogP contribution in [0.3, 0.4) is 0 Å². The molecule has 0 aliphatic rings. The van der Waals surface area contributed by atoms with E-state index in [0.29, 0.717) is 17.3 Å². The summed E-state index contributed by atoms with van der Waals surface area (Å²) in [5.74, 6) is 1.50. The van der Waals surface area contributed by atoms with Gasteiger partial charge in [0.05, 0.1) is 11.0 Å². The third-order valence-corrected chi connectivity index (χ3v) is 5.49. The van der Waals surface area contributed by atoms with Crippen LogP contribution >= 0.6 is 11.6 Å². The van der Waals surface area contributed by atoms with E-state index >= 15 is 0 Å². The van der Waals surface area contributed by atoms with Crippen LogP contribution in [0.2, 0.25) is 5.02 Å². The van der Waals surface area contributed by atoms with E-state index in [2.05, 4.69) is 47.1 Å². The van der Waals surface area contributed by atoms with Gasteiger partial charge in [-0.1, -0.05) is 53.6 Å². The van der Waals surface area contributed by atoms with E-state index in [1.54, 1.807) is 24.3 Å². The van der Waals surface area contributed by atoms with E-state index in [0.717, 1.165) is 36.2 Å². The van der Waals surface area contributed by atoms with E-state index in [1.807, 2.05) is 18.2 Å². The Morgan fingerprint density at radius 2 is 1.88 bits per heavy atom. The number of halogens is 1. The number of aromatic nitrogens is 2. The standard InChI is InChI=1S/C26H26ClN3O2/c1-19-6-4-7-20(16-19)17-30-24-9-3-2-8-23(24)29-25(30)10-5-15-28-26(31)18-32-22-13-11-21(27)12-14-22/h2-4,6-9,11-14,16H,5,10,15,17-18H2,1H3,(H,28,31). The number of imidazole rings is 1. The average molecular weight is 448 g/mol. The molecule has 5 nitrogen and oxygen atoms in total. The normalized spacial score (nSPS) is 10.9. The topological polar surface area (TPSA) is 56.2 Å². The first-order valence-corrected chi connectivity index (χ1v) is 11.1. The molecule has 0 radical (unpaired) electrons. The van der Waals surface area contributed by atoms with Crippen LogP contribution in [0.15, 0.2) is 72.8 Å². The van der Waals surface area contributed by atoms with E-state index < -0.39 is 0 Å². The van der Waals surface area contributed by atoms with Crippen molar-refractivity contribution < 1.29 is 9.53 Å². The molecule has 4 rings (SSSR count). The molecule has 6 heteroatoms. The van der Waals surface area contributed by atoms with E-state index in [1.165, 1.54) is 11.1 Å². The molecule has 1 N–H and O–H groups in total. The Kier molecular flexibility index (Phi) is 7.07. The number of ether oxygens (including phenoxy) is 1. The van der Waals surface area contributed by atoms with Crippen LogP contribution in [0.1, 0.15) is 23.4 Å². The van der Waals surface area contributed by atoms with E-state index in [9.17, 15) is 4.79 Å². The van der Waals surface area contributed by atoms with Gasteiger partial charge in [0.1, 0.15) is 11.6 Å². The Hall–Kier alpha value is -3.31. The minimum absolute atomic E-state index is 0.0203. The van der Waals surface area contributed by atoms with Gasteiger partial charge in [0.25, 0.3) is 5.91 Å². The first kappa shape index (κ1) is 21.9. The molecule has 0 saturated heterocycles. The molecule has 0 aliphatic heterocycles. The second kappa shape index (κ2) is 10.3. The second-order valence-electron chi connectivity index (χ2n) is 7.79. The SMILES string of the molecule is Cc1cccc(Cn2c(CCCNC(=O)COc3ccc(Cl)cc3)nc3ccccc32)c1. The maximum Gasteiger partial charge on any atom is 0.257 e. The minimum atomic E-state index is -0.145. The third-order valence-electron chi connectivity index (χ3n) is 5.24. The molecule has 1 aromatic heterocycles. The Labute approximate surface area is 193 Å². The summed E-state index contributed by atoms with van der Waals surface area (Å²) in [6, 6.07) is 23.7. The predicted molar refractivity (Wildman–Crippen MR) is 128 cm³/mol. The Balaban J connectivity index is 1.33. The van der Waals surface area contributed by atoms with Crippen LogP contribution in [-0.2, 0) is 17.8 Å². The molecular weight excluding hydrogens is 422 g/mol. The number of amides is 1. The van der Waals surface area contributed by atoms with E-state index in [4.69, 9.17) is 21.3 Å². The van der Waals surface area contributed by atoms with Gasteiger partial charge in [-0.3, -0.25) is 4.79 Å². The number of hydrogen-bond acceptors (Lipinski definition) is 3. The largest absolute Gasteiger partial charge is 0.484 e. The number of carbonyl (C=O) groups excluding carboxylic acids is 1. The number of nitrogens with one attached hydrogen (secondary N) is 1. The molecule has 3 aromatic carbocycles. The zero-order chi connectivity index (χ0) is 22.3. The lowest BCUT2D eigenvalue weighted by Crippen LogP contribution is -2.30. The molecule has 0 fully saturated rings. The number of nitrogens with zero attached hydrogens (tertiary/aromatic N) is 2. The maximum absolute atomic E-state index is 12.1. The summed E-state index contributed by atoms with van der Waals surface area (Å²) in [5.41, 5.74) is 4.62. The highest BCUT2D eigenvalue weighted by atomic mass is 35.5. The van der Waals surface area contributed by atoms with Gasteiger partial charge in [0.2, 0.25) is 0 Å². The summed E-state index contributed by atoms with van der Waals surface area (Å²) in [7, 11) is 0. The van der Waals surface area contributed by atoms with Crippen molar-refractivity contribution in [2.75, 3.05) is 13.2 Å². The molecule has 1 amide bonds. The van der Waals surface area contributed by atoms with Crippen molar-refractivity contribution in [3.05, 3.63) is 94.8 Å². The van der Waals surface area contributed by atoms with Gasteiger partial charge in [-0.25, -0.2) is 4.98 Å². The van der Waals surface area contributed by atoms with Crippen molar-refractivity contribution in [2.24, 2.45) is 0 Å². The maximum atomic E-state index is 12.1. The molecular formula is C26H26ClN3O2. The van der Waals surface area contributed by atoms with Crippen LogP contribution in [0.25, 0.3) is 11.0 Å². The van der Waals surface area contributed by atoms with Crippen LogP contribution in [0.4, 0.5) is 0 Å².